The summed E-state index contributed by atoms with van der Waals surface area (Å²) in [4.78, 5) is 0. The number of nitrogens with two attached hydrogens (primary N) is 1. The monoisotopic (exact) mass is 282 g/mol. The molecule has 0 aliphatic rings. The van der Waals surface area contributed by atoms with Gasteiger partial charge >= 0.3 is 0 Å². The van der Waals surface area contributed by atoms with E-state index < -0.39 is 0 Å². The van der Waals surface area contributed by atoms with Gasteiger partial charge in [-0.3, -0.25) is 11.3 Å². The van der Waals surface area contributed by atoms with Crippen molar-refractivity contribution in [1.82, 2.24) is 5.43 Å². The topological polar surface area (TPSA) is 38.0 Å². The van der Waals surface area contributed by atoms with E-state index in [1.54, 1.807) is 0 Å². The van der Waals surface area contributed by atoms with Gasteiger partial charge in [0.2, 0.25) is 0 Å². The molecule has 2 heteroatoms. The van der Waals surface area contributed by atoms with Crippen LogP contribution in [-0.4, -0.2) is 6.04 Å². The maximum Gasteiger partial charge on any atom is 0.0291 e. The maximum atomic E-state index is 5.75. The third-order valence-corrected chi connectivity index (χ3v) is 4.34. The molecule has 0 saturated carbocycles. The predicted molar refractivity (Wildman–Crippen MR) is 90.4 cm³/mol. The zero-order valence-electron chi connectivity index (χ0n) is 13.5. The molecule has 0 amide bonds. The molecule has 0 aliphatic carbocycles. The van der Waals surface area contributed by atoms with Crippen molar-refractivity contribution in [3.8, 4) is 0 Å². The van der Waals surface area contributed by atoms with Crippen LogP contribution in [0.15, 0.2) is 36.4 Å². The number of hydrazine groups is 1. The van der Waals surface area contributed by atoms with E-state index in [0.717, 1.165) is 12.8 Å². The molecule has 0 saturated heterocycles. The molecule has 0 fully saturated rings. The van der Waals surface area contributed by atoms with Crippen molar-refractivity contribution < 1.29 is 0 Å². The van der Waals surface area contributed by atoms with Gasteiger partial charge in [0.15, 0.2) is 0 Å². The highest BCUT2D eigenvalue weighted by Crippen LogP contribution is 2.15. The Morgan fingerprint density at radius 2 is 1.19 bits per heavy atom. The van der Waals surface area contributed by atoms with Crippen LogP contribution in [0.3, 0.4) is 0 Å². The van der Waals surface area contributed by atoms with Gasteiger partial charge in [0.25, 0.3) is 0 Å². The van der Waals surface area contributed by atoms with Gasteiger partial charge in [-0.05, 0) is 73.9 Å². The standard InChI is InChI=1S/C19H26N2/c1-13-5-7-17(9-15(13)3)11-19(21-20)12-18-8-6-14(2)16(4)10-18/h5-10,19,21H,11-12,20H2,1-4H3. The van der Waals surface area contributed by atoms with Crippen LogP contribution in [0.25, 0.3) is 0 Å². The molecule has 0 atom stereocenters. The number of nitrogens with one attached hydrogen (secondary N) is 1. The first-order valence-corrected chi connectivity index (χ1v) is 7.58. The van der Waals surface area contributed by atoms with Crippen LogP contribution < -0.4 is 11.3 Å². The Hall–Kier alpha value is -1.64. The highest BCUT2D eigenvalue weighted by Gasteiger charge is 2.10. The first-order valence-electron chi connectivity index (χ1n) is 7.58. The van der Waals surface area contributed by atoms with E-state index in [4.69, 9.17) is 5.84 Å². The fourth-order valence-corrected chi connectivity index (χ4v) is 2.62. The van der Waals surface area contributed by atoms with Crippen LogP contribution >= 0.6 is 0 Å². The van der Waals surface area contributed by atoms with Gasteiger partial charge in [0.1, 0.15) is 0 Å². The fourth-order valence-electron chi connectivity index (χ4n) is 2.62. The van der Waals surface area contributed by atoms with Crippen LogP contribution in [0, 0.1) is 27.7 Å². The summed E-state index contributed by atoms with van der Waals surface area (Å²) in [6.07, 6.45) is 1.90. The van der Waals surface area contributed by atoms with Crippen molar-refractivity contribution in [2.24, 2.45) is 5.84 Å². The molecule has 2 rings (SSSR count). The minimum atomic E-state index is 0.259. The van der Waals surface area contributed by atoms with Gasteiger partial charge in [-0.25, -0.2) is 0 Å². The molecule has 0 radical (unpaired) electrons. The second-order valence-corrected chi connectivity index (χ2v) is 6.11. The summed E-state index contributed by atoms with van der Waals surface area (Å²) in [5, 5.41) is 0. The third-order valence-electron chi connectivity index (χ3n) is 4.34. The second-order valence-electron chi connectivity index (χ2n) is 6.11. The number of hydrogen-bond acceptors (Lipinski definition) is 2. The van der Waals surface area contributed by atoms with Gasteiger partial charge in [0.05, 0.1) is 0 Å². The van der Waals surface area contributed by atoms with Gasteiger partial charge in [-0.2, -0.15) is 0 Å². The van der Waals surface area contributed by atoms with Crippen LogP contribution in [0.4, 0.5) is 0 Å². The summed E-state index contributed by atoms with van der Waals surface area (Å²) in [6, 6.07) is 13.6. The molecular weight excluding hydrogens is 256 g/mol. The summed E-state index contributed by atoms with van der Waals surface area (Å²) < 4.78 is 0. The quantitative estimate of drug-likeness (QED) is 0.650. The average molecular weight is 282 g/mol. The van der Waals surface area contributed by atoms with Crippen molar-refractivity contribution >= 4 is 0 Å². The van der Waals surface area contributed by atoms with Gasteiger partial charge in [-0.15, -0.1) is 0 Å². The highest BCUT2D eigenvalue weighted by atomic mass is 15.2. The molecule has 0 aromatic heterocycles. The molecule has 0 heterocycles. The first kappa shape index (κ1) is 15.7. The van der Waals surface area contributed by atoms with E-state index in [0.29, 0.717) is 0 Å². The zero-order chi connectivity index (χ0) is 15.4. The summed E-state index contributed by atoms with van der Waals surface area (Å²) in [6.45, 7) is 8.61. The summed E-state index contributed by atoms with van der Waals surface area (Å²) in [7, 11) is 0. The molecule has 2 aromatic carbocycles. The Morgan fingerprint density at radius 3 is 1.52 bits per heavy atom. The van der Waals surface area contributed by atoms with E-state index in [2.05, 4.69) is 69.5 Å². The van der Waals surface area contributed by atoms with Crippen LogP contribution in [0.2, 0.25) is 0 Å². The average Bonchev–Trinajstić information content (AvgIpc) is 2.46. The molecule has 21 heavy (non-hydrogen) atoms. The third kappa shape index (κ3) is 4.16. The maximum absolute atomic E-state index is 5.75. The summed E-state index contributed by atoms with van der Waals surface area (Å²) >= 11 is 0. The zero-order valence-corrected chi connectivity index (χ0v) is 13.5. The first-order chi connectivity index (χ1) is 9.99. The summed E-state index contributed by atoms with van der Waals surface area (Å²) in [5.41, 5.74) is 11.0. The van der Waals surface area contributed by atoms with Crippen LogP contribution in [0.1, 0.15) is 33.4 Å². The Labute approximate surface area is 128 Å². The van der Waals surface area contributed by atoms with E-state index in [1.807, 2.05) is 0 Å². The second kappa shape index (κ2) is 6.88. The van der Waals surface area contributed by atoms with E-state index in [1.165, 1.54) is 33.4 Å². The Bertz CT molecular complexity index is 563. The molecule has 2 nitrogen and oxygen atoms in total. The largest absolute Gasteiger partial charge is 0.271 e. The van der Waals surface area contributed by atoms with Crippen LogP contribution in [-0.2, 0) is 12.8 Å². The minimum Gasteiger partial charge on any atom is -0.271 e. The Kier molecular flexibility index (Phi) is 5.16. The lowest BCUT2D eigenvalue weighted by Gasteiger charge is -2.17. The summed E-state index contributed by atoms with van der Waals surface area (Å²) in [5.74, 6) is 5.75. The fraction of sp³-hybridized carbons (Fsp3) is 0.368. The number of aryl methyl sites for hydroxylation is 4. The van der Waals surface area contributed by atoms with Crippen molar-refractivity contribution in [3.05, 3.63) is 69.8 Å². The van der Waals surface area contributed by atoms with E-state index in [-0.39, 0.29) is 6.04 Å². The molecule has 0 spiro atoms. The van der Waals surface area contributed by atoms with Crippen LogP contribution in [0.5, 0.6) is 0 Å². The molecule has 2 aromatic rings. The number of hydrogen-bond donors (Lipinski definition) is 2. The van der Waals surface area contributed by atoms with E-state index >= 15 is 0 Å². The predicted octanol–water partition coefficient (Wildman–Crippen LogP) is 3.54. The molecule has 0 aliphatic heterocycles. The normalized spacial score (nSPS) is 11.1. The molecule has 0 unspecified atom stereocenters. The van der Waals surface area contributed by atoms with Crippen molar-refractivity contribution in [1.29, 1.82) is 0 Å². The lowest BCUT2D eigenvalue weighted by molar-refractivity contribution is 0.522. The number of benzene rings is 2. The van der Waals surface area contributed by atoms with Gasteiger partial charge in [0, 0.05) is 6.04 Å². The Balaban J connectivity index is 2.08. The van der Waals surface area contributed by atoms with Crippen molar-refractivity contribution in [2.45, 2.75) is 46.6 Å². The lowest BCUT2D eigenvalue weighted by Crippen LogP contribution is -2.38. The number of rotatable bonds is 5. The SMILES string of the molecule is Cc1ccc(CC(Cc2ccc(C)c(C)c2)NN)cc1C. The van der Waals surface area contributed by atoms with E-state index in [9.17, 15) is 0 Å². The molecule has 112 valence electrons. The molecular formula is C19H26N2. The highest BCUT2D eigenvalue weighted by molar-refractivity contribution is 5.32. The lowest BCUT2D eigenvalue weighted by atomic mass is 9.95. The van der Waals surface area contributed by atoms with Gasteiger partial charge < -0.3 is 0 Å². The van der Waals surface area contributed by atoms with Gasteiger partial charge in [-0.1, -0.05) is 36.4 Å². The smallest absolute Gasteiger partial charge is 0.0291 e. The van der Waals surface area contributed by atoms with Crippen molar-refractivity contribution in [2.75, 3.05) is 0 Å². The van der Waals surface area contributed by atoms with Crippen molar-refractivity contribution in [3.63, 3.8) is 0 Å². The molecule has 0 bridgehead atoms. The minimum absolute atomic E-state index is 0.259. The Morgan fingerprint density at radius 1 is 0.762 bits per heavy atom. The molecule has 3 N–H and O–H groups in total.